The molecule has 0 aromatic heterocycles. The van der Waals surface area contributed by atoms with E-state index in [4.69, 9.17) is 0 Å². The molecule has 0 amide bonds. The first-order valence-corrected chi connectivity index (χ1v) is 9.57. The number of allylic oxidation sites excluding steroid dienone is 1. The molecule has 0 heterocycles. The van der Waals surface area contributed by atoms with Gasteiger partial charge in [-0.25, -0.2) is 0 Å². The third-order valence-electron chi connectivity index (χ3n) is 6.03. The van der Waals surface area contributed by atoms with E-state index in [2.05, 4.69) is 48.6 Å². The van der Waals surface area contributed by atoms with Crippen LogP contribution in [0.5, 0.6) is 0 Å². The second kappa shape index (κ2) is 6.55. The summed E-state index contributed by atoms with van der Waals surface area (Å²) in [5.74, 6) is 1.86. The molecule has 0 nitrogen and oxygen atoms in total. The highest BCUT2D eigenvalue weighted by atomic mass is 79.9. The Morgan fingerprint density at radius 3 is 2.65 bits per heavy atom. The van der Waals surface area contributed by atoms with Crippen LogP contribution in [0.1, 0.15) is 85.5 Å². The van der Waals surface area contributed by atoms with Gasteiger partial charge in [0.25, 0.3) is 0 Å². The minimum atomic E-state index is 0.513. The van der Waals surface area contributed by atoms with Crippen LogP contribution in [0.2, 0.25) is 0 Å². The summed E-state index contributed by atoms with van der Waals surface area (Å²) in [4.78, 5) is 2.25. The highest BCUT2D eigenvalue weighted by molar-refractivity contribution is 9.11. The lowest BCUT2D eigenvalue weighted by Gasteiger charge is -2.42. The lowest BCUT2D eigenvalue weighted by atomic mass is 9.63. The summed E-state index contributed by atoms with van der Waals surface area (Å²) < 4.78 is 0. The summed E-state index contributed by atoms with van der Waals surface area (Å²) >= 11 is 3.62. The highest BCUT2D eigenvalue weighted by Crippen LogP contribution is 2.58. The van der Waals surface area contributed by atoms with E-state index in [0.717, 1.165) is 11.8 Å². The van der Waals surface area contributed by atoms with Gasteiger partial charge in [-0.1, -0.05) is 62.0 Å². The molecule has 0 N–H and O–H groups in total. The van der Waals surface area contributed by atoms with E-state index in [9.17, 15) is 0 Å². The van der Waals surface area contributed by atoms with Crippen molar-refractivity contribution in [2.24, 2.45) is 22.7 Å². The second-order valence-electron chi connectivity index (χ2n) is 8.68. The molecule has 0 saturated heterocycles. The van der Waals surface area contributed by atoms with Crippen molar-refractivity contribution >= 4 is 15.9 Å². The Morgan fingerprint density at radius 1 is 1.25 bits per heavy atom. The summed E-state index contributed by atoms with van der Waals surface area (Å²) in [5, 5.41) is 0. The maximum absolute atomic E-state index is 3.62. The van der Waals surface area contributed by atoms with Crippen LogP contribution >= 0.6 is 15.9 Å². The van der Waals surface area contributed by atoms with Crippen molar-refractivity contribution in [2.75, 3.05) is 0 Å². The van der Waals surface area contributed by atoms with Crippen LogP contribution in [0.4, 0.5) is 0 Å². The van der Waals surface area contributed by atoms with Crippen LogP contribution in [0.25, 0.3) is 0 Å². The Hall–Kier alpha value is 0.220. The predicted molar refractivity (Wildman–Crippen MR) is 93.1 cm³/mol. The van der Waals surface area contributed by atoms with Gasteiger partial charge in [-0.3, -0.25) is 0 Å². The first-order chi connectivity index (χ1) is 9.37. The average Bonchev–Trinajstić information content (AvgIpc) is 2.70. The fourth-order valence-corrected chi connectivity index (χ4v) is 5.35. The zero-order chi connectivity index (χ0) is 14.8. The Balaban J connectivity index is 1.87. The quantitative estimate of drug-likeness (QED) is 0.479. The molecule has 2 aliphatic rings. The summed E-state index contributed by atoms with van der Waals surface area (Å²) in [6.07, 6.45) is 12.8. The van der Waals surface area contributed by atoms with Crippen molar-refractivity contribution in [2.45, 2.75) is 85.5 Å². The van der Waals surface area contributed by atoms with Gasteiger partial charge in [-0.2, -0.15) is 0 Å². The maximum Gasteiger partial charge on any atom is -0.0138 e. The molecule has 2 aliphatic carbocycles. The van der Waals surface area contributed by atoms with Crippen molar-refractivity contribution in [1.82, 2.24) is 0 Å². The molecule has 3 atom stereocenters. The first kappa shape index (κ1) is 16.6. The lowest BCUT2D eigenvalue weighted by molar-refractivity contribution is 0.126. The van der Waals surface area contributed by atoms with Gasteiger partial charge in [0.1, 0.15) is 0 Å². The molecular formula is C19H33Br. The van der Waals surface area contributed by atoms with Gasteiger partial charge in [-0.05, 0) is 72.6 Å². The highest BCUT2D eigenvalue weighted by Gasteiger charge is 2.48. The summed E-state index contributed by atoms with van der Waals surface area (Å²) in [5.41, 5.74) is 2.83. The van der Waals surface area contributed by atoms with E-state index in [-0.39, 0.29) is 0 Å². The average molecular weight is 341 g/mol. The van der Waals surface area contributed by atoms with Crippen LogP contribution in [0.3, 0.4) is 0 Å². The standard InChI is InChI=1S/C19H33Br/c1-18(2,3)12-6-5-9-16-10-11-17-15(14-20)8-7-13-19(16,17)4/h14,16-17H,5-13H2,1-4H3/b15-14+/t16-,17-,19+/m0/s1. The molecule has 0 bridgehead atoms. The van der Waals surface area contributed by atoms with Gasteiger partial charge in [0.15, 0.2) is 0 Å². The lowest BCUT2D eigenvalue weighted by Crippen LogP contribution is -2.33. The largest absolute Gasteiger partial charge is 0.0602 e. The molecule has 2 saturated carbocycles. The molecule has 2 rings (SSSR count). The molecule has 0 radical (unpaired) electrons. The minimum absolute atomic E-state index is 0.513. The molecule has 1 heteroatoms. The zero-order valence-corrected chi connectivity index (χ0v) is 15.6. The van der Waals surface area contributed by atoms with Crippen molar-refractivity contribution in [3.63, 3.8) is 0 Å². The summed E-state index contributed by atoms with van der Waals surface area (Å²) in [7, 11) is 0. The Morgan fingerprint density at radius 2 is 2.00 bits per heavy atom. The Labute approximate surface area is 134 Å². The number of unbranched alkanes of at least 4 members (excludes halogenated alkanes) is 1. The molecule has 116 valence electrons. The number of hydrogen-bond acceptors (Lipinski definition) is 0. The molecule has 0 aromatic carbocycles. The fourth-order valence-electron chi connectivity index (χ4n) is 4.80. The second-order valence-corrected chi connectivity index (χ2v) is 9.13. The molecule has 0 aliphatic heterocycles. The van der Waals surface area contributed by atoms with E-state index in [1.807, 2.05) is 0 Å². The van der Waals surface area contributed by atoms with Gasteiger partial charge >= 0.3 is 0 Å². The van der Waals surface area contributed by atoms with Gasteiger partial charge in [0, 0.05) is 0 Å². The Kier molecular flexibility index (Phi) is 5.43. The molecule has 2 fully saturated rings. The fraction of sp³-hybridized carbons (Fsp3) is 0.895. The van der Waals surface area contributed by atoms with E-state index in [1.165, 1.54) is 57.8 Å². The van der Waals surface area contributed by atoms with E-state index in [0.29, 0.717) is 10.8 Å². The van der Waals surface area contributed by atoms with Gasteiger partial charge in [0.05, 0.1) is 0 Å². The maximum atomic E-state index is 3.62. The smallest absolute Gasteiger partial charge is 0.0138 e. The van der Waals surface area contributed by atoms with Crippen LogP contribution in [0, 0.1) is 22.7 Å². The molecule has 0 spiro atoms. The molecule has 0 unspecified atom stereocenters. The topological polar surface area (TPSA) is 0 Å². The number of hydrogen-bond donors (Lipinski definition) is 0. The molecular weight excluding hydrogens is 308 g/mol. The number of fused-ring (bicyclic) bond motifs is 1. The van der Waals surface area contributed by atoms with Crippen LogP contribution < -0.4 is 0 Å². The third-order valence-corrected chi connectivity index (χ3v) is 6.62. The zero-order valence-electron chi connectivity index (χ0n) is 14.0. The van der Waals surface area contributed by atoms with E-state index < -0.39 is 0 Å². The van der Waals surface area contributed by atoms with E-state index >= 15 is 0 Å². The summed E-state index contributed by atoms with van der Waals surface area (Å²) in [6.45, 7) is 9.70. The van der Waals surface area contributed by atoms with Crippen LogP contribution in [-0.2, 0) is 0 Å². The van der Waals surface area contributed by atoms with Gasteiger partial charge < -0.3 is 0 Å². The van der Waals surface area contributed by atoms with Crippen molar-refractivity contribution < 1.29 is 0 Å². The SMILES string of the molecule is CC(C)(C)CCCC[C@H]1CC[C@H]2/C(=C/Br)CCC[C@]12C. The van der Waals surface area contributed by atoms with Gasteiger partial charge in [-0.15, -0.1) is 0 Å². The van der Waals surface area contributed by atoms with Crippen molar-refractivity contribution in [3.8, 4) is 0 Å². The number of halogens is 1. The predicted octanol–water partition coefficient (Wildman–Crippen LogP) is 7.09. The van der Waals surface area contributed by atoms with Crippen LogP contribution in [0.15, 0.2) is 10.6 Å². The summed E-state index contributed by atoms with van der Waals surface area (Å²) in [6, 6.07) is 0. The van der Waals surface area contributed by atoms with Crippen molar-refractivity contribution in [1.29, 1.82) is 0 Å². The monoisotopic (exact) mass is 340 g/mol. The van der Waals surface area contributed by atoms with Crippen LogP contribution in [-0.4, -0.2) is 0 Å². The molecule has 0 aromatic rings. The van der Waals surface area contributed by atoms with Gasteiger partial charge in [0.2, 0.25) is 0 Å². The van der Waals surface area contributed by atoms with Crippen molar-refractivity contribution in [3.05, 3.63) is 10.6 Å². The first-order valence-electron chi connectivity index (χ1n) is 8.66. The third kappa shape index (κ3) is 3.70. The minimum Gasteiger partial charge on any atom is -0.0602 e. The Bertz CT molecular complexity index is 349. The molecule has 20 heavy (non-hydrogen) atoms. The number of rotatable bonds is 4. The van der Waals surface area contributed by atoms with E-state index in [1.54, 1.807) is 5.57 Å². The normalized spacial score (nSPS) is 36.4.